The maximum absolute atomic E-state index is 11.1. The molecule has 82 valence electrons. The molecule has 1 aromatic rings. The van der Waals surface area contributed by atoms with Crippen molar-refractivity contribution in [1.29, 1.82) is 0 Å². The van der Waals surface area contributed by atoms with Gasteiger partial charge < -0.3 is 4.74 Å². The minimum atomic E-state index is -0.500. The number of para-hydroxylation sites is 1. The van der Waals surface area contributed by atoms with Gasteiger partial charge in [-0.1, -0.05) is 30.0 Å². The van der Waals surface area contributed by atoms with Gasteiger partial charge in [0.1, 0.15) is 0 Å². The second kappa shape index (κ2) is 6.31. The molecular formula is C13H13NO2. The number of hydrogen-bond acceptors (Lipinski definition) is 2. The molecule has 1 aromatic carbocycles. The van der Waals surface area contributed by atoms with E-state index in [9.17, 15) is 4.79 Å². The van der Waals surface area contributed by atoms with Crippen LogP contribution in [0.3, 0.4) is 0 Å². The maximum Gasteiger partial charge on any atom is 0.411 e. The minimum absolute atomic E-state index is 0.500. The molecule has 1 amide bonds. The standard InChI is InChI=1S/C13H13NO2/c1-3-4-5-8-11-9-6-7-10-12(11)14-13(15)16-2/h3-4,6-7,9-10H,1-2H3,(H,14,15)/b4-3+. The van der Waals surface area contributed by atoms with Crippen LogP contribution in [0.1, 0.15) is 12.5 Å². The van der Waals surface area contributed by atoms with Crippen LogP contribution in [-0.4, -0.2) is 13.2 Å². The lowest BCUT2D eigenvalue weighted by molar-refractivity contribution is 0.187. The van der Waals surface area contributed by atoms with Gasteiger partial charge in [-0.05, 0) is 25.1 Å². The van der Waals surface area contributed by atoms with Gasteiger partial charge in [0.15, 0.2) is 0 Å². The maximum atomic E-state index is 11.1. The highest BCUT2D eigenvalue weighted by molar-refractivity contribution is 5.86. The summed E-state index contributed by atoms with van der Waals surface area (Å²) in [4.78, 5) is 11.1. The van der Waals surface area contributed by atoms with Crippen LogP contribution in [0.4, 0.5) is 10.5 Å². The molecule has 0 aliphatic heterocycles. The van der Waals surface area contributed by atoms with E-state index in [0.29, 0.717) is 5.69 Å². The smallest absolute Gasteiger partial charge is 0.411 e. The number of carbonyl (C=O) groups is 1. The quantitative estimate of drug-likeness (QED) is 0.731. The first-order chi connectivity index (χ1) is 7.77. The SMILES string of the molecule is C/C=C/C#Cc1ccccc1NC(=O)OC. The van der Waals surface area contributed by atoms with Crippen LogP contribution in [0, 0.1) is 11.8 Å². The van der Waals surface area contributed by atoms with Gasteiger partial charge in [-0.2, -0.15) is 0 Å². The molecule has 16 heavy (non-hydrogen) atoms. The molecule has 0 aliphatic rings. The topological polar surface area (TPSA) is 38.3 Å². The van der Waals surface area contributed by atoms with Gasteiger partial charge in [0, 0.05) is 5.56 Å². The second-order valence-corrected chi connectivity index (χ2v) is 2.93. The van der Waals surface area contributed by atoms with E-state index in [0.717, 1.165) is 5.56 Å². The fourth-order valence-electron chi connectivity index (χ4n) is 1.06. The van der Waals surface area contributed by atoms with Crippen molar-refractivity contribution in [3.05, 3.63) is 42.0 Å². The predicted octanol–water partition coefficient (Wildman–Crippen LogP) is 2.79. The molecule has 0 spiro atoms. The van der Waals surface area contributed by atoms with Crippen LogP contribution >= 0.6 is 0 Å². The molecular weight excluding hydrogens is 202 g/mol. The molecule has 0 unspecified atom stereocenters. The summed E-state index contributed by atoms with van der Waals surface area (Å²) in [5.41, 5.74) is 1.40. The zero-order valence-electron chi connectivity index (χ0n) is 9.28. The molecule has 3 heteroatoms. The van der Waals surface area contributed by atoms with E-state index in [2.05, 4.69) is 21.9 Å². The summed E-state index contributed by atoms with van der Waals surface area (Å²) >= 11 is 0. The van der Waals surface area contributed by atoms with E-state index in [1.165, 1.54) is 7.11 Å². The van der Waals surface area contributed by atoms with Crippen molar-refractivity contribution in [3.63, 3.8) is 0 Å². The van der Waals surface area contributed by atoms with Gasteiger partial charge >= 0.3 is 6.09 Å². The Bertz CT molecular complexity index is 452. The third kappa shape index (κ3) is 3.50. The largest absolute Gasteiger partial charge is 0.453 e. The lowest BCUT2D eigenvalue weighted by Gasteiger charge is -2.05. The third-order valence-electron chi connectivity index (χ3n) is 1.81. The fourth-order valence-corrected chi connectivity index (χ4v) is 1.06. The van der Waals surface area contributed by atoms with Crippen molar-refractivity contribution in [3.8, 4) is 11.8 Å². The highest BCUT2D eigenvalue weighted by Gasteiger charge is 2.03. The molecule has 0 aromatic heterocycles. The van der Waals surface area contributed by atoms with E-state index < -0.39 is 6.09 Å². The minimum Gasteiger partial charge on any atom is -0.453 e. The number of amides is 1. The summed E-state index contributed by atoms with van der Waals surface area (Å²) in [7, 11) is 1.32. The highest BCUT2D eigenvalue weighted by Crippen LogP contribution is 2.13. The number of benzene rings is 1. The van der Waals surface area contributed by atoms with Crippen LogP contribution in [0.25, 0.3) is 0 Å². The van der Waals surface area contributed by atoms with E-state index in [-0.39, 0.29) is 0 Å². The molecule has 0 heterocycles. The molecule has 1 rings (SSSR count). The summed E-state index contributed by atoms with van der Waals surface area (Å²) in [6.07, 6.45) is 3.10. The van der Waals surface area contributed by atoms with E-state index in [1.807, 2.05) is 31.2 Å². The number of allylic oxidation sites excluding steroid dienone is 2. The molecule has 0 aliphatic carbocycles. The number of hydrogen-bond donors (Lipinski definition) is 1. The van der Waals surface area contributed by atoms with Crippen molar-refractivity contribution in [2.24, 2.45) is 0 Å². The van der Waals surface area contributed by atoms with Gasteiger partial charge in [-0.25, -0.2) is 4.79 Å². The molecule has 0 saturated heterocycles. The molecule has 0 fully saturated rings. The van der Waals surface area contributed by atoms with Crippen molar-refractivity contribution in [2.75, 3.05) is 12.4 Å². The van der Waals surface area contributed by atoms with E-state index in [4.69, 9.17) is 0 Å². The molecule has 3 nitrogen and oxygen atoms in total. The monoisotopic (exact) mass is 215 g/mol. The Morgan fingerprint density at radius 1 is 1.44 bits per heavy atom. The summed E-state index contributed by atoms with van der Waals surface area (Å²) in [5, 5.41) is 2.60. The second-order valence-electron chi connectivity index (χ2n) is 2.93. The lowest BCUT2D eigenvalue weighted by Crippen LogP contribution is -2.11. The van der Waals surface area contributed by atoms with Crippen LogP contribution in [0.2, 0.25) is 0 Å². The lowest BCUT2D eigenvalue weighted by atomic mass is 10.2. The Hall–Kier alpha value is -2.21. The number of methoxy groups -OCH3 is 1. The molecule has 0 saturated carbocycles. The number of carbonyl (C=O) groups excluding carboxylic acids is 1. The van der Waals surface area contributed by atoms with Crippen molar-refractivity contribution in [2.45, 2.75) is 6.92 Å². The fraction of sp³-hybridized carbons (Fsp3) is 0.154. The summed E-state index contributed by atoms with van der Waals surface area (Å²) in [5.74, 6) is 5.80. The Morgan fingerprint density at radius 3 is 2.88 bits per heavy atom. The molecule has 1 N–H and O–H groups in total. The number of nitrogens with one attached hydrogen (secondary N) is 1. The van der Waals surface area contributed by atoms with Gasteiger partial charge in [-0.3, -0.25) is 5.32 Å². The van der Waals surface area contributed by atoms with E-state index in [1.54, 1.807) is 12.1 Å². The van der Waals surface area contributed by atoms with Gasteiger partial charge in [0.25, 0.3) is 0 Å². The summed E-state index contributed by atoms with van der Waals surface area (Å²) in [6.45, 7) is 1.90. The Labute approximate surface area is 95.1 Å². The van der Waals surface area contributed by atoms with Crippen molar-refractivity contribution < 1.29 is 9.53 Å². The molecule has 0 bridgehead atoms. The average molecular weight is 215 g/mol. The van der Waals surface area contributed by atoms with Crippen LogP contribution in [0.15, 0.2) is 36.4 Å². The Kier molecular flexibility index (Phi) is 4.68. The summed E-state index contributed by atoms with van der Waals surface area (Å²) in [6, 6.07) is 7.30. The predicted molar refractivity (Wildman–Crippen MR) is 64.2 cm³/mol. The van der Waals surface area contributed by atoms with Crippen molar-refractivity contribution >= 4 is 11.8 Å². The first-order valence-corrected chi connectivity index (χ1v) is 4.84. The number of rotatable bonds is 1. The van der Waals surface area contributed by atoms with Crippen LogP contribution in [-0.2, 0) is 4.74 Å². The normalized spacial score (nSPS) is 9.38. The average Bonchev–Trinajstić information content (AvgIpc) is 2.31. The van der Waals surface area contributed by atoms with Gasteiger partial charge in [0.2, 0.25) is 0 Å². The first-order valence-electron chi connectivity index (χ1n) is 4.84. The zero-order valence-corrected chi connectivity index (χ0v) is 9.28. The van der Waals surface area contributed by atoms with Crippen LogP contribution in [0.5, 0.6) is 0 Å². The van der Waals surface area contributed by atoms with E-state index >= 15 is 0 Å². The third-order valence-corrected chi connectivity index (χ3v) is 1.81. The number of ether oxygens (including phenoxy) is 1. The van der Waals surface area contributed by atoms with Crippen molar-refractivity contribution in [1.82, 2.24) is 0 Å². The molecule has 0 atom stereocenters. The summed E-state index contributed by atoms with van der Waals surface area (Å²) < 4.78 is 4.52. The molecule has 0 radical (unpaired) electrons. The first kappa shape index (κ1) is 11.9. The van der Waals surface area contributed by atoms with Crippen LogP contribution < -0.4 is 5.32 Å². The zero-order chi connectivity index (χ0) is 11.8. The number of anilines is 1. The Morgan fingerprint density at radius 2 is 2.19 bits per heavy atom. The van der Waals surface area contributed by atoms with Gasteiger partial charge in [-0.15, -0.1) is 0 Å². The van der Waals surface area contributed by atoms with Gasteiger partial charge in [0.05, 0.1) is 12.8 Å². The highest BCUT2D eigenvalue weighted by atomic mass is 16.5. The Balaban J connectivity index is 2.93.